The van der Waals surface area contributed by atoms with Crippen LogP contribution in [-0.4, -0.2) is 21.7 Å². The first-order valence-corrected chi connectivity index (χ1v) is 7.82. The van der Waals surface area contributed by atoms with Gasteiger partial charge >= 0.3 is 0 Å². The molecule has 2 aromatic rings. The summed E-state index contributed by atoms with van der Waals surface area (Å²) in [6.45, 7) is 2.01. The van der Waals surface area contributed by atoms with E-state index in [1.807, 2.05) is 13.0 Å². The van der Waals surface area contributed by atoms with E-state index in [2.05, 4.69) is 26.6 Å². The van der Waals surface area contributed by atoms with E-state index < -0.39 is 0 Å². The molecule has 0 amide bonds. The predicted octanol–water partition coefficient (Wildman–Crippen LogP) is 3.37. The molecule has 20 heavy (non-hydrogen) atoms. The van der Waals surface area contributed by atoms with Crippen molar-refractivity contribution in [3.63, 3.8) is 0 Å². The van der Waals surface area contributed by atoms with Gasteiger partial charge in [0, 0.05) is 34.2 Å². The second kappa shape index (κ2) is 4.38. The number of aliphatic imine (C=N–C) groups is 1. The van der Waals surface area contributed by atoms with E-state index in [1.165, 1.54) is 4.88 Å². The Kier molecular flexibility index (Phi) is 2.63. The van der Waals surface area contributed by atoms with Gasteiger partial charge in [-0.05, 0) is 31.2 Å². The van der Waals surface area contributed by atoms with Gasteiger partial charge in [0.05, 0.1) is 5.92 Å². The van der Waals surface area contributed by atoms with Crippen molar-refractivity contribution < 1.29 is 4.79 Å². The molecule has 0 bridgehead atoms. The normalized spacial score (nSPS) is 25.1. The average Bonchev–Trinajstić information content (AvgIpc) is 3.08. The number of H-pyrrole nitrogens is 1. The van der Waals surface area contributed by atoms with Crippen molar-refractivity contribution in [1.82, 2.24) is 10.2 Å². The van der Waals surface area contributed by atoms with Gasteiger partial charge in [0.25, 0.3) is 0 Å². The number of hydrogen-bond donors (Lipinski definition) is 1. The third-order valence-electron chi connectivity index (χ3n) is 4.28. The highest BCUT2D eigenvalue weighted by molar-refractivity contribution is 7.10. The smallest absolute Gasteiger partial charge is 0.177 e. The molecule has 3 heterocycles. The van der Waals surface area contributed by atoms with E-state index in [9.17, 15) is 4.79 Å². The minimum Gasteiger partial charge on any atom is -0.299 e. The first kappa shape index (κ1) is 12.0. The van der Waals surface area contributed by atoms with Crippen molar-refractivity contribution in [2.24, 2.45) is 10.9 Å². The summed E-state index contributed by atoms with van der Waals surface area (Å²) >= 11 is 1.71. The van der Waals surface area contributed by atoms with Crippen molar-refractivity contribution in [3.8, 4) is 0 Å². The van der Waals surface area contributed by atoms with Crippen LogP contribution < -0.4 is 0 Å². The Morgan fingerprint density at radius 1 is 1.35 bits per heavy atom. The maximum atomic E-state index is 12.5. The van der Waals surface area contributed by atoms with E-state index in [-0.39, 0.29) is 11.8 Å². The van der Waals surface area contributed by atoms with Crippen LogP contribution in [0.15, 0.2) is 22.5 Å². The maximum Gasteiger partial charge on any atom is 0.177 e. The molecule has 0 radical (unpaired) electrons. The number of hydrogen-bond acceptors (Lipinski definition) is 4. The van der Waals surface area contributed by atoms with Crippen LogP contribution in [0.2, 0.25) is 0 Å². The Labute approximate surface area is 120 Å². The van der Waals surface area contributed by atoms with E-state index in [4.69, 9.17) is 0 Å². The summed E-state index contributed by atoms with van der Waals surface area (Å²) in [6.07, 6.45) is 2.52. The fourth-order valence-electron chi connectivity index (χ4n) is 3.40. The maximum absolute atomic E-state index is 12.5. The van der Waals surface area contributed by atoms with Crippen LogP contribution in [0.5, 0.6) is 0 Å². The number of aryl methyl sites for hydroxylation is 1. The number of ketones is 1. The lowest BCUT2D eigenvalue weighted by Crippen LogP contribution is -2.36. The van der Waals surface area contributed by atoms with Crippen molar-refractivity contribution in [2.45, 2.75) is 32.1 Å². The Bertz CT molecular complexity index is 699. The monoisotopic (exact) mass is 285 g/mol. The van der Waals surface area contributed by atoms with Gasteiger partial charge in [0.2, 0.25) is 0 Å². The van der Waals surface area contributed by atoms with Crippen LogP contribution in [0, 0.1) is 12.8 Å². The molecule has 2 aromatic heterocycles. The molecule has 1 aliphatic carbocycles. The van der Waals surface area contributed by atoms with E-state index in [0.717, 1.165) is 35.6 Å². The molecule has 1 aliphatic heterocycles. The van der Waals surface area contributed by atoms with Gasteiger partial charge in [0.15, 0.2) is 5.82 Å². The molecule has 2 aliphatic rings. The SMILES string of the molecule is Cc1[nH]nc2c1C(c1cccs1)C1C(=O)CCCC1=N2. The number of carbonyl (C=O) groups is 1. The lowest BCUT2D eigenvalue weighted by molar-refractivity contribution is -0.121. The molecular weight excluding hydrogens is 270 g/mol. The van der Waals surface area contributed by atoms with Gasteiger partial charge in [-0.3, -0.25) is 9.89 Å². The van der Waals surface area contributed by atoms with Gasteiger partial charge < -0.3 is 0 Å². The third-order valence-corrected chi connectivity index (χ3v) is 5.24. The van der Waals surface area contributed by atoms with Gasteiger partial charge in [-0.25, -0.2) is 4.99 Å². The summed E-state index contributed by atoms with van der Waals surface area (Å²) in [6, 6.07) is 4.17. The van der Waals surface area contributed by atoms with Gasteiger partial charge in [0.1, 0.15) is 5.78 Å². The summed E-state index contributed by atoms with van der Waals surface area (Å²) in [7, 11) is 0. The van der Waals surface area contributed by atoms with Crippen LogP contribution >= 0.6 is 11.3 Å². The molecule has 5 heteroatoms. The fourth-order valence-corrected chi connectivity index (χ4v) is 4.28. The summed E-state index contributed by atoms with van der Waals surface area (Å²) in [5.74, 6) is 1.14. The predicted molar refractivity (Wildman–Crippen MR) is 78.9 cm³/mol. The van der Waals surface area contributed by atoms with Gasteiger partial charge in [-0.1, -0.05) is 6.07 Å². The van der Waals surface area contributed by atoms with E-state index >= 15 is 0 Å². The Morgan fingerprint density at radius 3 is 3.05 bits per heavy atom. The standard InChI is InChI=1S/C15H15N3OS/c1-8-12-14(11-6-3-7-20-11)13-9(4-2-5-10(13)19)16-15(12)18-17-8/h3,6-7,13-14H,2,4-5H2,1H3,(H,17,18). The van der Waals surface area contributed by atoms with E-state index in [0.29, 0.717) is 12.2 Å². The molecule has 2 atom stereocenters. The van der Waals surface area contributed by atoms with Crippen molar-refractivity contribution in [1.29, 1.82) is 0 Å². The second-order valence-corrected chi connectivity index (χ2v) is 6.46. The van der Waals surface area contributed by atoms with Crippen molar-refractivity contribution >= 4 is 28.6 Å². The number of thiophene rings is 1. The number of aromatic amines is 1. The van der Waals surface area contributed by atoms with Gasteiger partial charge in [-0.15, -0.1) is 11.3 Å². The van der Waals surface area contributed by atoms with Gasteiger partial charge in [-0.2, -0.15) is 5.10 Å². The summed E-state index contributed by atoms with van der Waals surface area (Å²) in [5, 5.41) is 9.42. The first-order chi connectivity index (χ1) is 9.75. The zero-order chi connectivity index (χ0) is 13.7. The lowest BCUT2D eigenvalue weighted by Gasteiger charge is -2.33. The zero-order valence-electron chi connectivity index (χ0n) is 11.2. The Morgan fingerprint density at radius 2 is 2.25 bits per heavy atom. The number of carbonyl (C=O) groups excluding carboxylic acids is 1. The molecule has 0 aromatic carbocycles. The van der Waals surface area contributed by atoms with Crippen molar-refractivity contribution in [2.75, 3.05) is 0 Å². The van der Waals surface area contributed by atoms with E-state index in [1.54, 1.807) is 11.3 Å². The molecule has 2 unspecified atom stereocenters. The topological polar surface area (TPSA) is 58.1 Å². The van der Waals surface area contributed by atoms with Crippen LogP contribution in [0.4, 0.5) is 5.82 Å². The third kappa shape index (κ3) is 1.62. The molecule has 0 spiro atoms. The highest BCUT2D eigenvalue weighted by Crippen LogP contribution is 2.47. The average molecular weight is 285 g/mol. The molecule has 0 saturated heterocycles. The lowest BCUT2D eigenvalue weighted by atomic mass is 9.72. The first-order valence-electron chi connectivity index (χ1n) is 6.94. The fraction of sp³-hybridized carbons (Fsp3) is 0.400. The summed E-state index contributed by atoms with van der Waals surface area (Å²) < 4.78 is 0. The van der Waals surface area contributed by atoms with Crippen LogP contribution in [-0.2, 0) is 4.79 Å². The molecule has 1 N–H and O–H groups in total. The van der Waals surface area contributed by atoms with Crippen LogP contribution in [0.25, 0.3) is 0 Å². The molecule has 1 saturated carbocycles. The van der Waals surface area contributed by atoms with Crippen molar-refractivity contribution in [3.05, 3.63) is 33.6 Å². The highest BCUT2D eigenvalue weighted by Gasteiger charge is 2.42. The quantitative estimate of drug-likeness (QED) is 0.873. The minimum atomic E-state index is -0.0776. The molecule has 4 nitrogen and oxygen atoms in total. The Hall–Kier alpha value is -1.75. The molecule has 102 valence electrons. The molecular formula is C15H15N3OS. The number of nitrogens with one attached hydrogen (secondary N) is 1. The summed E-state index contributed by atoms with van der Waals surface area (Å²) in [5.41, 5.74) is 3.16. The minimum absolute atomic E-state index is 0.0776. The number of nitrogens with zero attached hydrogens (tertiary/aromatic N) is 2. The van der Waals surface area contributed by atoms with Crippen LogP contribution in [0.3, 0.4) is 0 Å². The largest absolute Gasteiger partial charge is 0.299 e. The summed E-state index contributed by atoms with van der Waals surface area (Å²) in [4.78, 5) is 18.4. The Balaban J connectivity index is 1.95. The molecule has 4 rings (SSSR count). The zero-order valence-corrected chi connectivity index (χ0v) is 12.0. The number of Topliss-reactive ketones (excluding diaryl/α,β-unsaturated/α-hetero) is 1. The number of aromatic nitrogens is 2. The highest BCUT2D eigenvalue weighted by atomic mass is 32.1. The number of fused-ring (bicyclic) bond motifs is 2. The molecule has 1 fully saturated rings. The van der Waals surface area contributed by atoms with Crippen LogP contribution in [0.1, 0.15) is 41.3 Å². The number of rotatable bonds is 1. The second-order valence-electron chi connectivity index (χ2n) is 5.48.